The monoisotopic (exact) mass is 206 g/mol. The van der Waals surface area contributed by atoms with Crippen molar-refractivity contribution in [3.63, 3.8) is 0 Å². The van der Waals surface area contributed by atoms with Crippen molar-refractivity contribution in [1.82, 2.24) is 9.97 Å². The fourth-order valence-electron chi connectivity index (χ4n) is 0.649. The average Bonchev–Trinajstić information content (AvgIpc) is 2.14. The standard InChI is InChI=1S/C7H5F3N2O2/c8-7(9,10)4-14-6-1-2-11-5(3-13)12-6/h1-3H,4H2. The van der Waals surface area contributed by atoms with E-state index in [0.29, 0.717) is 6.29 Å². The predicted molar refractivity (Wildman–Crippen MR) is 39.0 cm³/mol. The number of ether oxygens (including phenoxy) is 1. The predicted octanol–water partition coefficient (Wildman–Crippen LogP) is 1.23. The van der Waals surface area contributed by atoms with Crippen LogP contribution in [0.15, 0.2) is 12.3 Å². The zero-order valence-corrected chi connectivity index (χ0v) is 6.78. The summed E-state index contributed by atoms with van der Waals surface area (Å²) in [6.07, 6.45) is -2.96. The molecule has 0 saturated carbocycles. The fourth-order valence-corrected chi connectivity index (χ4v) is 0.649. The van der Waals surface area contributed by atoms with Crippen molar-refractivity contribution in [2.75, 3.05) is 6.61 Å². The third kappa shape index (κ3) is 3.38. The van der Waals surface area contributed by atoms with E-state index >= 15 is 0 Å². The lowest BCUT2D eigenvalue weighted by Crippen LogP contribution is -2.19. The van der Waals surface area contributed by atoms with Crippen LogP contribution >= 0.6 is 0 Å². The Morgan fingerprint density at radius 1 is 1.50 bits per heavy atom. The van der Waals surface area contributed by atoms with E-state index < -0.39 is 12.8 Å². The van der Waals surface area contributed by atoms with Gasteiger partial charge in [0.2, 0.25) is 5.88 Å². The van der Waals surface area contributed by atoms with E-state index in [2.05, 4.69) is 14.7 Å². The van der Waals surface area contributed by atoms with Gasteiger partial charge >= 0.3 is 6.18 Å². The molecule has 0 amide bonds. The number of carbonyl (C=O) groups is 1. The Labute approximate surface area is 76.7 Å². The first kappa shape index (κ1) is 10.4. The van der Waals surface area contributed by atoms with Gasteiger partial charge in [0, 0.05) is 12.3 Å². The number of hydrogen-bond donors (Lipinski definition) is 0. The summed E-state index contributed by atoms with van der Waals surface area (Å²) < 4.78 is 39.3. The fraction of sp³-hybridized carbons (Fsp3) is 0.286. The highest BCUT2D eigenvalue weighted by Gasteiger charge is 2.28. The second kappa shape index (κ2) is 4.03. The van der Waals surface area contributed by atoms with Crippen LogP contribution < -0.4 is 4.74 Å². The van der Waals surface area contributed by atoms with E-state index in [1.807, 2.05) is 0 Å². The van der Waals surface area contributed by atoms with Gasteiger partial charge in [-0.3, -0.25) is 4.79 Å². The topological polar surface area (TPSA) is 52.1 Å². The van der Waals surface area contributed by atoms with Gasteiger partial charge in [-0.2, -0.15) is 18.2 Å². The maximum absolute atomic E-state index is 11.7. The zero-order valence-electron chi connectivity index (χ0n) is 6.78. The molecule has 0 N–H and O–H groups in total. The smallest absolute Gasteiger partial charge is 0.422 e. The van der Waals surface area contributed by atoms with E-state index in [1.54, 1.807) is 0 Å². The number of aromatic nitrogens is 2. The van der Waals surface area contributed by atoms with Crippen LogP contribution in [0.1, 0.15) is 10.6 Å². The number of carbonyl (C=O) groups excluding carboxylic acids is 1. The average molecular weight is 206 g/mol. The molecule has 0 unspecified atom stereocenters. The molecule has 14 heavy (non-hydrogen) atoms. The minimum atomic E-state index is -4.42. The summed E-state index contributed by atoms with van der Waals surface area (Å²) in [6.45, 7) is -1.44. The first-order valence-corrected chi connectivity index (χ1v) is 3.49. The maximum Gasteiger partial charge on any atom is 0.422 e. The normalized spacial score (nSPS) is 11.1. The molecule has 0 aliphatic heterocycles. The molecular weight excluding hydrogens is 201 g/mol. The van der Waals surface area contributed by atoms with E-state index in [9.17, 15) is 18.0 Å². The van der Waals surface area contributed by atoms with Crippen LogP contribution in [-0.4, -0.2) is 29.0 Å². The molecule has 0 radical (unpaired) electrons. The van der Waals surface area contributed by atoms with Gasteiger partial charge in [0.05, 0.1) is 0 Å². The highest BCUT2D eigenvalue weighted by molar-refractivity contribution is 5.68. The summed E-state index contributed by atoms with van der Waals surface area (Å²) in [7, 11) is 0. The van der Waals surface area contributed by atoms with Crippen LogP contribution in [0.25, 0.3) is 0 Å². The maximum atomic E-state index is 11.7. The Bertz CT molecular complexity index is 327. The van der Waals surface area contributed by atoms with Crippen molar-refractivity contribution in [1.29, 1.82) is 0 Å². The van der Waals surface area contributed by atoms with Gasteiger partial charge in [-0.15, -0.1) is 0 Å². The highest BCUT2D eigenvalue weighted by Crippen LogP contribution is 2.16. The number of aldehydes is 1. The van der Waals surface area contributed by atoms with Crippen molar-refractivity contribution in [2.24, 2.45) is 0 Å². The summed E-state index contributed by atoms with van der Waals surface area (Å²) >= 11 is 0. The Morgan fingerprint density at radius 3 is 2.79 bits per heavy atom. The minimum absolute atomic E-state index is 0.218. The molecule has 0 aliphatic rings. The molecule has 0 aliphatic carbocycles. The molecule has 0 bridgehead atoms. The molecule has 4 nitrogen and oxygen atoms in total. The number of alkyl halides is 3. The molecule has 0 spiro atoms. The minimum Gasteiger partial charge on any atom is -0.468 e. The van der Waals surface area contributed by atoms with Crippen molar-refractivity contribution in [3.8, 4) is 5.88 Å². The quantitative estimate of drug-likeness (QED) is 0.698. The Balaban J connectivity index is 2.63. The van der Waals surface area contributed by atoms with Crippen LogP contribution in [0.5, 0.6) is 5.88 Å². The van der Waals surface area contributed by atoms with Crippen LogP contribution in [0.4, 0.5) is 13.2 Å². The lowest BCUT2D eigenvalue weighted by Gasteiger charge is -2.07. The third-order valence-corrected chi connectivity index (χ3v) is 1.14. The number of nitrogens with zero attached hydrogens (tertiary/aromatic N) is 2. The molecule has 1 aromatic heterocycles. The summed E-state index contributed by atoms with van der Waals surface area (Å²) in [5.74, 6) is -0.496. The first-order valence-electron chi connectivity index (χ1n) is 3.49. The van der Waals surface area contributed by atoms with Gasteiger partial charge in [-0.1, -0.05) is 0 Å². The van der Waals surface area contributed by atoms with Crippen LogP contribution in [0.2, 0.25) is 0 Å². The zero-order chi connectivity index (χ0) is 10.6. The van der Waals surface area contributed by atoms with Crippen molar-refractivity contribution >= 4 is 6.29 Å². The number of halogens is 3. The van der Waals surface area contributed by atoms with E-state index in [4.69, 9.17) is 0 Å². The molecule has 1 aromatic rings. The molecule has 0 aromatic carbocycles. The molecule has 1 rings (SSSR count). The van der Waals surface area contributed by atoms with Crippen LogP contribution in [0, 0.1) is 0 Å². The Hall–Kier alpha value is -1.66. The van der Waals surface area contributed by atoms with Crippen molar-refractivity contribution in [3.05, 3.63) is 18.1 Å². The summed E-state index contributed by atoms with van der Waals surface area (Å²) in [6, 6.07) is 1.14. The lowest BCUT2D eigenvalue weighted by molar-refractivity contribution is -0.154. The van der Waals surface area contributed by atoms with E-state index in [-0.39, 0.29) is 11.7 Å². The van der Waals surface area contributed by atoms with Gasteiger partial charge in [0.15, 0.2) is 18.7 Å². The second-order valence-corrected chi connectivity index (χ2v) is 2.27. The van der Waals surface area contributed by atoms with E-state index in [0.717, 1.165) is 12.3 Å². The van der Waals surface area contributed by atoms with Gasteiger partial charge in [-0.05, 0) is 0 Å². The third-order valence-electron chi connectivity index (χ3n) is 1.14. The molecule has 76 valence electrons. The molecule has 0 saturated heterocycles. The van der Waals surface area contributed by atoms with Crippen molar-refractivity contribution < 1.29 is 22.7 Å². The Morgan fingerprint density at radius 2 is 2.21 bits per heavy atom. The molecule has 1 heterocycles. The van der Waals surface area contributed by atoms with Gasteiger partial charge in [0.1, 0.15) is 0 Å². The van der Waals surface area contributed by atoms with Crippen LogP contribution in [0.3, 0.4) is 0 Å². The Kier molecular flexibility index (Phi) is 3.00. The summed E-state index contributed by atoms with van der Waals surface area (Å²) in [5.41, 5.74) is 0. The largest absolute Gasteiger partial charge is 0.468 e. The van der Waals surface area contributed by atoms with Gasteiger partial charge in [0.25, 0.3) is 0 Å². The first-order chi connectivity index (χ1) is 6.51. The number of hydrogen-bond acceptors (Lipinski definition) is 4. The van der Waals surface area contributed by atoms with Gasteiger partial charge in [-0.25, -0.2) is 4.98 Å². The summed E-state index contributed by atoms with van der Waals surface area (Å²) in [4.78, 5) is 17.0. The second-order valence-electron chi connectivity index (χ2n) is 2.27. The highest BCUT2D eigenvalue weighted by atomic mass is 19.4. The molecule has 0 atom stereocenters. The van der Waals surface area contributed by atoms with Crippen LogP contribution in [-0.2, 0) is 0 Å². The molecular formula is C7H5F3N2O2. The van der Waals surface area contributed by atoms with E-state index in [1.165, 1.54) is 0 Å². The van der Waals surface area contributed by atoms with Gasteiger partial charge < -0.3 is 4.74 Å². The van der Waals surface area contributed by atoms with Crippen molar-refractivity contribution in [2.45, 2.75) is 6.18 Å². The lowest BCUT2D eigenvalue weighted by atomic mass is 10.5. The SMILES string of the molecule is O=Cc1nccc(OCC(F)(F)F)n1. The summed E-state index contributed by atoms with van der Waals surface area (Å²) in [5, 5.41) is 0. The molecule has 7 heteroatoms. The number of rotatable bonds is 3. The molecule has 0 fully saturated rings.